The molecule has 0 saturated heterocycles. The van der Waals surface area contributed by atoms with Gasteiger partial charge in [-0.2, -0.15) is 0 Å². The molecule has 1 aromatic heterocycles. The highest BCUT2D eigenvalue weighted by molar-refractivity contribution is 7.11. The Bertz CT molecular complexity index is 310. The van der Waals surface area contributed by atoms with Crippen LogP contribution >= 0.6 is 11.3 Å². The number of rotatable bonds is 1. The minimum absolute atomic E-state index is 0.634. The summed E-state index contributed by atoms with van der Waals surface area (Å²) in [4.78, 5) is 9.12. The zero-order chi connectivity index (χ0) is 7.68. The van der Waals surface area contributed by atoms with Gasteiger partial charge in [-0.1, -0.05) is 6.08 Å². The predicted molar refractivity (Wildman–Crippen MR) is 46.6 cm³/mol. The summed E-state index contributed by atoms with van der Waals surface area (Å²) < 4.78 is 0. The molecule has 0 unspecified atom stereocenters. The van der Waals surface area contributed by atoms with Crippen LogP contribution < -0.4 is 5.73 Å². The fourth-order valence-corrected chi connectivity index (χ4v) is 1.67. The predicted octanol–water partition coefficient (Wildman–Crippen LogP) is 0.897. The van der Waals surface area contributed by atoms with Crippen molar-refractivity contribution >= 4 is 22.7 Å². The molecule has 2 heterocycles. The molecule has 11 heavy (non-hydrogen) atoms. The highest BCUT2D eigenvalue weighted by atomic mass is 32.1. The van der Waals surface area contributed by atoms with Crippen molar-refractivity contribution in [1.82, 2.24) is 4.98 Å². The molecule has 2 rings (SSSR count). The molecular formula is C7H7N3S. The molecule has 0 saturated carbocycles. The van der Waals surface area contributed by atoms with E-state index in [1.165, 1.54) is 0 Å². The van der Waals surface area contributed by atoms with E-state index in [1.807, 2.05) is 12.3 Å². The molecule has 0 aromatic carbocycles. The third kappa shape index (κ3) is 1.05. The quantitative estimate of drug-likeness (QED) is 0.672. The van der Waals surface area contributed by atoms with Crippen LogP contribution in [0.4, 0.5) is 0 Å². The maximum Gasteiger partial charge on any atom is 0.127 e. The van der Waals surface area contributed by atoms with Crippen molar-refractivity contribution in [2.24, 2.45) is 10.7 Å². The number of nitrogens with zero attached hydrogens (tertiary/aromatic N) is 2. The third-order valence-corrected chi connectivity index (χ3v) is 2.34. The van der Waals surface area contributed by atoms with Crippen LogP contribution in [0.15, 0.2) is 22.8 Å². The van der Waals surface area contributed by atoms with E-state index in [-0.39, 0.29) is 0 Å². The van der Waals surface area contributed by atoms with E-state index >= 15 is 0 Å². The van der Waals surface area contributed by atoms with Crippen molar-refractivity contribution in [3.63, 3.8) is 0 Å². The number of amidine groups is 1. The monoisotopic (exact) mass is 165 g/mol. The number of hydrogen-bond donors (Lipinski definition) is 1. The Morgan fingerprint density at radius 2 is 2.45 bits per heavy atom. The molecule has 1 aliphatic heterocycles. The van der Waals surface area contributed by atoms with Gasteiger partial charge in [0.25, 0.3) is 0 Å². The van der Waals surface area contributed by atoms with Crippen LogP contribution in [0.1, 0.15) is 4.88 Å². The molecule has 0 fully saturated rings. The summed E-state index contributed by atoms with van der Waals surface area (Å²) in [6.07, 6.45) is 3.83. The van der Waals surface area contributed by atoms with Gasteiger partial charge < -0.3 is 5.73 Å². The van der Waals surface area contributed by atoms with Gasteiger partial charge in [-0.05, 0) is 0 Å². The molecule has 0 spiro atoms. The summed E-state index contributed by atoms with van der Waals surface area (Å²) in [5.74, 6) is 0.634. The molecule has 2 N–H and O–H groups in total. The molecule has 3 nitrogen and oxygen atoms in total. The van der Waals surface area contributed by atoms with Gasteiger partial charge in [0.15, 0.2) is 0 Å². The number of hydrogen-bond acceptors (Lipinski definition) is 4. The van der Waals surface area contributed by atoms with E-state index < -0.39 is 0 Å². The van der Waals surface area contributed by atoms with E-state index in [0.717, 1.165) is 10.5 Å². The molecule has 4 heteroatoms. The maximum atomic E-state index is 5.63. The van der Waals surface area contributed by atoms with Crippen LogP contribution in [0.25, 0.3) is 5.57 Å². The Labute approximate surface area is 68.3 Å². The van der Waals surface area contributed by atoms with Gasteiger partial charge in [0.05, 0.1) is 16.9 Å². The molecule has 1 aliphatic rings. The fourth-order valence-electron chi connectivity index (χ4n) is 1.00. The Hall–Kier alpha value is -1.16. The second-order valence-electron chi connectivity index (χ2n) is 2.21. The molecule has 0 radical (unpaired) electrons. The van der Waals surface area contributed by atoms with Crippen molar-refractivity contribution in [3.8, 4) is 0 Å². The second-order valence-corrected chi connectivity index (χ2v) is 3.10. The first-order valence-corrected chi connectivity index (χ1v) is 4.15. The third-order valence-electron chi connectivity index (χ3n) is 1.53. The average Bonchev–Trinajstić information content (AvgIpc) is 2.55. The van der Waals surface area contributed by atoms with E-state index in [9.17, 15) is 0 Å². The van der Waals surface area contributed by atoms with Crippen LogP contribution in [-0.2, 0) is 0 Å². The van der Waals surface area contributed by atoms with Crippen LogP contribution in [0, 0.1) is 0 Å². The number of thiazole rings is 1. The summed E-state index contributed by atoms with van der Waals surface area (Å²) in [5.41, 5.74) is 8.46. The van der Waals surface area contributed by atoms with Crippen LogP contribution in [-0.4, -0.2) is 17.4 Å². The molecule has 0 aliphatic carbocycles. The number of aromatic nitrogens is 1. The first kappa shape index (κ1) is 6.54. The summed E-state index contributed by atoms with van der Waals surface area (Å²) in [7, 11) is 0. The van der Waals surface area contributed by atoms with Crippen LogP contribution in [0.3, 0.4) is 0 Å². The zero-order valence-electron chi connectivity index (χ0n) is 5.82. The molecule has 0 atom stereocenters. The summed E-state index contributed by atoms with van der Waals surface area (Å²) in [6.45, 7) is 0.707. The highest BCUT2D eigenvalue weighted by Crippen LogP contribution is 2.20. The lowest BCUT2D eigenvalue weighted by molar-refractivity contribution is 1.27. The molecule has 0 amide bonds. The minimum atomic E-state index is 0.634. The van der Waals surface area contributed by atoms with Gasteiger partial charge >= 0.3 is 0 Å². The fraction of sp³-hybridized carbons (Fsp3) is 0.143. The first-order chi connectivity index (χ1) is 5.38. The normalized spacial score (nSPS) is 16.4. The number of nitrogens with two attached hydrogens (primary N) is 1. The van der Waals surface area contributed by atoms with E-state index in [1.54, 1.807) is 16.8 Å². The van der Waals surface area contributed by atoms with Crippen LogP contribution in [0.5, 0.6) is 0 Å². The Balaban J connectivity index is 2.38. The Morgan fingerprint density at radius 1 is 1.55 bits per heavy atom. The van der Waals surface area contributed by atoms with Gasteiger partial charge in [0.1, 0.15) is 5.84 Å². The minimum Gasteiger partial charge on any atom is -0.383 e. The van der Waals surface area contributed by atoms with Gasteiger partial charge in [-0.3, -0.25) is 9.98 Å². The average molecular weight is 165 g/mol. The topological polar surface area (TPSA) is 51.3 Å². The largest absolute Gasteiger partial charge is 0.383 e. The molecule has 0 bridgehead atoms. The maximum absolute atomic E-state index is 5.63. The Morgan fingerprint density at radius 3 is 3.00 bits per heavy atom. The van der Waals surface area contributed by atoms with Crippen molar-refractivity contribution in [2.45, 2.75) is 0 Å². The zero-order valence-corrected chi connectivity index (χ0v) is 6.64. The molecular weight excluding hydrogens is 158 g/mol. The lowest BCUT2D eigenvalue weighted by Crippen LogP contribution is -2.09. The highest BCUT2D eigenvalue weighted by Gasteiger charge is 2.10. The standard InChI is InChI=1S/C7H7N3S/c8-7-5(1-2-10-7)6-3-9-4-11-6/h1,3-4H,2H2,(H2,8,10). The van der Waals surface area contributed by atoms with Crippen molar-refractivity contribution < 1.29 is 0 Å². The van der Waals surface area contributed by atoms with E-state index in [0.29, 0.717) is 12.4 Å². The van der Waals surface area contributed by atoms with E-state index in [4.69, 9.17) is 5.73 Å². The van der Waals surface area contributed by atoms with Gasteiger partial charge in [-0.25, -0.2) is 0 Å². The SMILES string of the molecule is NC1=NCC=C1c1cncs1. The van der Waals surface area contributed by atoms with Crippen molar-refractivity contribution in [1.29, 1.82) is 0 Å². The first-order valence-electron chi connectivity index (χ1n) is 3.27. The summed E-state index contributed by atoms with van der Waals surface area (Å²) in [6, 6.07) is 0. The molecule has 56 valence electrons. The summed E-state index contributed by atoms with van der Waals surface area (Å²) in [5, 5.41) is 0. The lowest BCUT2D eigenvalue weighted by atomic mass is 10.2. The van der Waals surface area contributed by atoms with Gasteiger partial charge in [-0.15, -0.1) is 11.3 Å². The van der Waals surface area contributed by atoms with Gasteiger partial charge in [0.2, 0.25) is 0 Å². The van der Waals surface area contributed by atoms with Crippen molar-refractivity contribution in [2.75, 3.05) is 6.54 Å². The lowest BCUT2D eigenvalue weighted by Gasteiger charge is -1.94. The van der Waals surface area contributed by atoms with Gasteiger partial charge in [0, 0.05) is 11.8 Å². The smallest absolute Gasteiger partial charge is 0.127 e. The number of aliphatic imine (C=N–C) groups is 1. The van der Waals surface area contributed by atoms with E-state index in [2.05, 4.69) is 9.98 Å². The second kappa shape index (κ2) is 2.47. The van der Waals surface area contributed by atoms with Crippen molar-refractivity contribution in [3.05, 3.63) is 22.7 Å². The Kier molecular flexibility index (Phi) is 1.47. The molecule has 1 aromatic rings. The van der Waals surface area contributed by atoms with Crippen LogP contribution in [0.2, 0.25) is 0 Å². The summed E-state index contributed by atoms with van der Waals surface area (Å²) >= 11 is 1.58.